The van der Waals surface area contributed by atoms with Crippen LogP contribution in [0.25, 0.3) is 11.3 Å². The fourth-order valence-corrected chi connectivity index (χ4v) is 2.46. The molecule has 0 unspecified atom stereocenters. The van der Waals surface area contributed by atoms with E-state index < -0.39 is 5.82 Å². The van der Waals surface area contributed by atoms with Crippen LogP contribution in [0.3, 0.4) is 0 Å². The molecule has 0 saturated heterocycles. The van der Waals surface area contributed by atoms with Crippen molar-refractivity contribution in [2.24, 2.45) is 0 Å². The van der Waals surface area contributed by atoms with Gasteiger partial charge in [-0.2, -0.15) is 5.10 Å². The Morgan fingerprint density at radius 1 is 1.17 bits per heavy atom. The van der Waals surface area contributed by atoms with Crippen LogP contribution in [-0.4, -0.2) is 27.8 Å². The lowest BCUT2D eigenvalue weighted by molar-refractivity contribution is 0.0954. The zero-order chi connectivity index (χ0) is 16.9. The lowest BCUT2D eigenvalue weighted by atomic mass is 10.1. The molecule has 1 heterocycles. The fourth-order valence-electron chi connectivity index (χ4n) is 2.46. The van der Waals surface area contributed by atoms with Crippen LogP contribution >= 0.6 is 0 Å². The number of amides is 1. The maximum atomic E-state index is 13.9. The molecule has 3 aromatic rings. The van der Waals surface area contributed by atoms with Crippen LogP contribution in [0.15, 0.2) is 54.7 Å². The third-order valence-electron chi connectivity index (χ3n) is 3.70. The zero-order valence-electron chi connectivity index (χ0n) is 12.8. The SMILES string of the molecule is O=C(NCCc1ccccc1O)c1cn[nH]c1-c1ccccc1F. The van der Waals surface area contributed by atoms with Gasteiger partial charge in [-0.1, -0.05) is 30.3 Å². The quantitative estimate of drug-likeness (QED) is 0.675. The van der Waals surface area contributed by atoms with Gasteiger partial charge >= 0.3 is 0 Å². The number of benzene rings is 2. The highest BCUT2D eigenvalue weighted by Gasteiger charge is 2.17. The number of rotatable bonds is 5. The Morgan fingerprint density at radius 2 is 1.92 bits per heavy atom. The van der Waals surface area contributed by atoms with Crippen molar-refractivity contribution in [1.82, 2.24) is 15.5 Å². The average molecular weight is 325 g/mol. The van der Waals surface area contributed by atoms with Crippen molar-refractivity contribution in [1.29, 1.82) is 0 Å². The summed E-state index contributed by atoms with van der Waals surface area (Å²) in [5.74, 6) is -0.579. The highest BCUT2D eigenvalue weighted by molar-refractivity contribution is 5.99. The molecule has 0 aliphatic heterocycles. The molecule has 0 radical (unpaired) electrons. The van der Waals surface area contributed by atoms with Crippen molar-refractivity contribution in [3.05, 3.63) is 71.7 Å². The minimum Gasteiger partial charge on any atom is -0.508 e. The normalized spacial score (nSPS) is 10.5. The Balaban J connectivity index is 1.70. The topological polar surface area (TPSA) is 78.0 Å². The minimum atomic E-state index is -0.426. The van der Waals surface area contributed by atoms with E-state index in [2.05, 4.69) is 15.5 Å². The Kier molecular flexibility index (Phi) is 4.56. The molecule has 0 fully saturated rings. The number of aromatic amines is 1. The Hall–Kier alpha value is -3.15. The maximum Gasteiger partial charge on any atom is 0.255 e. The fraction of sp³-hybridized carbons (Fsp3) is 0.111. The zero-order valence-corrected chi connectivity index (χ0v) is 12.8. The number of para-hydroxylation sites is 1. The van der Waals surface area contributed by atoms with E-state index in [4.69, 9.17) is 0 Å². The third-order valence-corrected chi connectivity index (χ3v) is 3.70. The number of halogens is 1. The first-order valence-corrected chi connectivity index (χ1v) is 7.50. The van der Waals surface area contributed by atoms with Crippen LogP contribution < -0.4 is 5.32 Å². The molecule has 0 atom stereocenters. The molecular formula is C18H16FN3O2. The number of hydrogen-bond donors (Lipinski definition) is 3. The van der Waals surface area contributed by atoms with Gasteiger partial charge in [0.1, 0.15) is 11.6 Å². The van der Waals surface area contributed by atoms with Gasteiger partial charge in [-0.25, -0.2) is 4.39 Å². The second kappa shape index (κ2) is 6.95. The monoisotopic (exact) mass is 325 g/mol. The van der Waals surface area contributed by atoms with E-state index in [1.54, 1.807) is 36.4 Å². The van der Waals surface area contributed by atoms with E-state index in [0.717, 1.165) is 5.56 Å². The van der Waals surface area contributed by atoms with E-state index in [9.17, 15) is 14.3 Å². The van der Waals surface area contributed by atoms with Crippen LogP contribution in [-0.2, 0) is 6.42 Å². The summed E-state index contributed by atoms with van der Waals surface area (Å²) < 4.78 is 13.9. The largest absolute Gasteiger partial charge is 0.508 e. The van der Waals surface area contributed by atoms with E-state index in [-0.39, 0.29) is 17.2 Å². The number of aromatic nitrogens is 2. The summed E-state index contributed by atoms with van der Waals surface area (Å²) in [5, 5.41) is 19.0. The van der Waals surface area contributed by atoms with E-state index >= 15 is 0 Å². The number of carbonyl (C=O) groups is 1. The van der Waals surface area contributed by atoms with E-state index in [1.807, 2.05) is 6.07 Å². The molecule has 6 heteroatoms. The molecule has 24 heavy (non-hydrogen) atoms. The predicted octanol–water partition coefficient (Wildman–Crippen LogP) is 2.89. The molecular weight excluding hydrogens is 309 g/mol. The maximum absolute atomic E-state index is 13.9. The lowest BCUT2D eigenvalue weighted by Crippen LogP contribution is -2.25. The number of hydrogen-bond acceptors (Lipinski definition) is 3. The number of nitrogens with one attached hydrogen (secondary N) is 2. The smallest absolute Gasteiger partial charge is 0.255 e. The molecule has 0 spiro atoms. The minimum absolute atomic E-state index is 0.196. The highest BCUT2D eigenvalue weighted by atomic mass is 19.1. The summed E-state index contributed by atoms with van der Waals surface area (Å²) in [6.07, 6.45) is 1.86. The third kappa shape index (κ3) is 3.27. The summed E-state index contributed by atoms with van der Waals surface area (Å²) in [5.41, 5.74) is 1.66. The molecule has 3 rings (SSSR count). The predicted molar refractivity (Wildman–Crippen MR) is 88.1 cm³/mol. The van der Waals surface area contributed by atoms with Gasteiger partial charge in [0, 0.05) is 12.1 Å². The number of carbonyl (C=O) groups excluding carboxylic acids is 1. The number of phenolic OH excluding ortho intramolecular Hbond substituents is 1. The summed E-state index contributed by atoms with van der Waals surface area (Å²) in [7, 11) is 0. The molecule has 1 aromatic heterocycles. The van der Waals surface area contributed by atoms with Gasteiger partial charge in [0.05, 0.1) is 17.5 Å². The molecule has 0 bridgehead atoms. The van der Waals surface area contributed by atoms with Crippen molar-refractivity contribution in [2.45, 2.75) is 6.42 Å². The van der Waals surface area contributed by atoms with Crippen molar-refractivity contribution in [3.8, 4) is 17.0 Å². The first-order valence-electron chi connectivity index (χ1n) is 7.50. The van der Waals surface area contributed by atoms with Gasteiger partial charge in [0.2, 0.25) is 0 Å². The van der Waals surface area contributed by atoms with Crippen molar-refractivity contribution in [2.75, 3.05) is 6.54 Å². The Bertz CT molecular complexity index is 861. The molecule has 1 amide bonds. The van der Waals surface area contributed by atoms with Gasteiger partial charge in [0.15, 0.2) is 0 Å². The molecule has 5 nitrogen and oxygen atoms in total. The summed E-state index contributed by atoms with van der Waals surface area (Å²) in [6.45, 7) is 0.346. The van der Waals surface area contributed by atoms with Gasteiger partial charge < -0.3 is 10.4 Å². The molecule has 0 aliphatic carbocycles. The summed E-state index contributed by atoms with van der Waals surface area (Å²) in [4.78, 5) is 12.3. The van der Waals surface area contributed by atoms with Crippen LogP contribution in [0.5, 0.6) is 5.75 Å². The first kappa shape index (κ1) is 15.7. The van der Waals surface area contributed by atoms with Gasteiger partial charge in [-0.3, -0.25) is 9.89 Å². The summed E-state index contributed by atoms with van der Waals surface area (Å²) >= 11 is 0. The van der Waals surface area contributed by atoms with Crippen molar-refractivity contribution in [3.63, 3.8) is 0 Å². The second-order valence-electron chi connectivity index (χ2n) is 5.27. The van der Waals surface area contributed by atoms with Crippen molar-refractivity contribution >= 4 is 5.91 Å². The molecule has 0 aliphatic rings. The molecule has 0 saturated carbocycles. The number of nitrogens with zero attached hydrogens (tertiary/aromatic N) is 1. The van der Waals surface area contributed by atoms with E-state index in [1.165, 1.54) is 12.3 Å². The standard InChI is InChI=1S/C18H16FN3O2/c19-15-7-3-2-6-13(15)17-14(11-21-22-17)18(24)20-10-9-12-5-1-4-8-16(12)23/h1-8,11,23H,9-10H2,(H,20,24)(H,21,22). The highest BCUT2D eigenvalue weighted by Crippen LogP contribution is 2.23. The Morgan fingerprint density at radius 3 is 2.71 bits per heavy atom. The molecule has 3 N–H and O–H groups in total. The van der Waals surface area contributed by atoms with Gasteiger partial charge in [-0.15, -0.1) is 0 Å². The lowest BCUT2D eigenvalue weighted by Gasteiger charge is -2.07. The van der Waals surface area contributed by atoms with Crippen LogP contribution in [0.2, 0.25) is 0 Å². The number of aromatic hydroxyl groups is 1. The van der Waals surface area contributed by atoms with Gasteiger partial charge in [0.25, 0.3) is 5.91 Å². The van der Waals surface area contributed by atoms with Crippen LogP contribution in [0, 0.1) is 5.82 Å². The summed E-state index contributed by atoms with van der Waals surface area (Å²) in [6, 6.07) is 13.2. The van der Waals surface area contributed by atoms with Crippen LogP contribution in [0.4, 0.5) is 4.39 Å². The first-order chi connectivity index (χ1) is 11.7. The number of phenols is 1. The second-order valence-corrected chi connectivity index (χ2v) is 5.27. The molecule has 2 aromatic carbocycles. The molecule has 122 valence electrons. The Labute approximate surface area is 138 Å². The van der Waals surface area contributed by atoms with Gasteiger partial charge in [-0.05, 0) is 30.2 Å². The number of H-pyrrole nitrogens is 1. The average Bonchev–Trinajstić information content (AvgIpc) is 3.06. The van der Waals surface area contributed by atoms with Crippen molar-refractivity contribution < 1.29 is 14.3 Å². The van der Waals surface area contributed by atoms with Crippen LogP contribution in [0.1, 0.15) is 15.9 Å². The van der Waals surface area contributed by atoms with E-state index in [0.29, 0.717) is 24.2 Å².